The van der Waals surface area contributed by atoms with Gasteiger partial charge in [0.05, 0.1) is 10.5 Å². The van der Waals surface area contributed by atoms with Crippen LogP contribution < -0.4 is 16.8 Å². The van der Waals surface area contributed by atoms with Crippen LogP contribution in [0, 0.1) is 5.92 Å². The Morgan fingerprint density at radius 2 is 1.81 bits per heavy atom. The van der Waals surface area contributed by atoms with Gasteiger partial charge in [0.15, 0.2) is 0 Å². The molecule has 5 N–H and O–H groups in total. The number of hydrogen-bond acceptors (Lipinski definition) is 6. The minimum Gasteiger partial charge on any atom is -0.382 e. The van der Waals surface area contributed by atoms with Gasteiger partial charge in [0.1, 0.15) is 28.7 Å². The summed E-state index contributed by atoms with van der Waals surface area (Å²) in [5.41, 5.74) is 15.8. The van der Waals surface area contributed by atoms with Crippen molar-refractivity contribution in [2.45, 2.75) is 31.6 Å². The van der Waals surface area contributed by atoms with E-state index in [0.29, 0.717) is 22.1 Å². The largest absolute Gasteiger partial charge is 0.382 e. The number of nitrogens with zero attached hydrogens (tertiary/aromatic N) is 4. The molecule has 0 spiro atoms. The maximum Gasteiger partial charge on any atom is 0.220 e. The number of carbonyl (C=O) groups excluding carboxylic acids is 1. The van der Waals surface area contributed by atoms with Gasteiger partial charge in [0.25, 0.3) is 0 Å². The van der Waals surface area contributed by atoms with Crippen molar-refractivity contribution in [3.8, 4) is 11.3 Å². The first-order valence-corrected chi connectivity index (χ1v) is 12.7. The van der Waals surface area contributed by atoms with E-state index in [1.807, 2.05) is 65.2 Å². The van der Waals surface area contributed by atoms with Gasteiger partial charge in [-0.25, -0.2) is 15.0 Å². The summed E-state index contributed by atoms with van der Waals surface area (Å²) in [5, 5.41) is 4.82. The van der Waals surface area contributed by atoms with Crippen LogP contribution in [0.5, 0.6) is 0 Å². The predicted molar refractivity (Wildman–Crippen MR) is 147 cm³/mol. The number of nitrogens with one attached hydrogen (secondary N) is 1. The molecule has 1 fully saturated rings. The van der Waals surface area contributed by atoms with Gasteiger partial charge in [-0.3, -0.25) is 9.20 Å². The minimum absolute atomic E-state index is 0.0756. The Bertz CT molecular complexity index is 1620. The number of pyridine rings is 1. The fourth-order valence-electron chi connectivity index (χ4n) is 5.26. The number of para-hydroxylation sites is 1. The Kier molecular flexibility index (Phi) is 5.88. The number of anilines is 3. The van der Waals surface area contributed by atoms with E-state index >= 15 is 0 Å². The number of rotatable bonds is 5. The average Bonchev–Trinajstić information content (AvgIpc) is 3.30. The maximum atomic E-state index is 11.7. The zero-order valence-electron chi connectivity index (χ0n) is 20.1. The fraction of sp³-hybridized carbons (Fsp3) is 0.214. The number of benzene rings is 2. The number of aromatic nitrogens is 4. The van der Waals surface area contributed by atoms with E-state index in [9.17, 15) is 4.79 Å². The molecule has 0 unspecified atom stereocenters. The zero-order valence-corrected chi connectivity index (χ0v) is 20.8. The second-order valence-corrected chi connectivity index (χ2v) is 9.92. The predicted octanol–water partition coefficient (Wildman–Crippen LogP) is 5.68. The molecule has 9 heteroatoms. The van der Waals surface area contributed by atoms with E-state index in [1.165, 1.54) is 0 Å². The normalized spacial score (nSPS) is 17.8. The van der Waals surface area contributed by atoms with Crippen molar-refractivity contribution in [3.63, 3.8) is 0 Å². The van der Waals surface area contributed by atoms with Crippen LogP contribution in [0.15, 0.2) is 67.0 Å². The standard InChI is InChI=1S/C28H26ClN7O/c29-21-14-18-10-11-23(33-19-4-2-1-3-5-19)34-22(18)15-20(21)24-25-26(30)32-12-13-36(25)28(35-24)17-8-6-16(7-9-17)27(31)37/h1-5,10-17H,6-9H2,(H2,30,32)(H2,31,37)(H,33,34). The third kappa shape index (κ3) is 4.34. The molecule has 6 rings (SSSR count). The third-order valence-electron chi connectivity index (χ3n) is 7.18. The molecule has 3 heterocycles. The van der Waals surface area contributed by atoms with Crippen molar-refractivity contribution >= 4 is 51.3 Å². The first-order chi connectivity index (χ1) is 18.0. The monoisotopic (exact) mass is 511 g/mol. The van der Waals surface area contributed by atoms with Gasteiger partial charge in [0.2, 0.25) is 5.91 Å². The summed E-state index contributed by atoms with van der Waals surface area (Å²) in [6.07, 6.45) is 6.72. The highest BCUT2D eigenvalue weighted by atomic mass is 35.5. The Morgan fingerprint density at radius 1 is 1.03 bits per heavy atom. The van der Waals surface area contributed by atoms with Crippen molar-refractivity contribution in [2.75, 3.05) is 11.1 Å². The molecule has 1 amide bonds. The molecule has 1 saturated carbocycles. The van der Waals surface area contributed by atoms with E-state index in [4.69, 9.17) is 33.0 Å². The van der Waals surface area contributed by atoms with Crippen molar-refractivity contribution < 1.29 is 4.79 Å². The van der Waals surface area contributed by atoms with Crippen molar-refractivity contribution in [1.29, 1.82) is 0 Å². The summed E-state index contributed by atoms with van der Waals surface area (Å²) in [5.74, 6) is 1.88. The number of carbonyl (C=O) groups is 1. The highest BCUT2D eigenvalue weighted by molar-refractivity contribution is 6.34. The molecule has 37 heavy (non-hydrogen) atoms. The lowest BCUT2D eigenvalue weighted by molar-refractivity contribution is -0.122. The van der Waals surface area contributed by atoms with E-state index in [0.717, 1.165) is 59.5 Å². The van der Waals surface area contributed by atoms with E-state index in [-0.39, 0.29) is 17.7 Å². The summed E-state index contributed by atoms with van der Waals surface area (Å²) >= 11 is 6.80. The quantitative estimate of drug-likeness (QED) is 0.278. The topological polar surface area (TPSA) is 124 Å². The van der Waals surface area contributed by atoms with Crippen molar-refractivity contribution in [2.24, 2.45) is 11.7 Å². The first-order valence-electron chi connectivity index (χ1n) is 12.3. The third-order valence-corrected chi connectivity index (χ3v) is 7.50. The lowest BCUT2D eigenvalue weighted by atomic mass is 9.81. The molecule has 0 bridgehead atoms. The second-order valence-electron chi connectivity index (χ2n) is 9.51. The molecule has 0 atom stereocenters. The van der Waals surface area contributed by atoms with Crippen molar-refractivity contribution in [3.05, 3.63) is 77.8 Å². The van der Waals surface area contributed by atoms with Crippen LogP contribution in [0.2, 0.25) is 5.02 Å². The van der Waals surface area contributed by atoms with Gasteiger partial charge in [-0.15, -0.1) is 0 Å². The van der Waals surface area contributed by atoms with Crippen LogP contribution in [-0.4, -0.2) is 25.3 Å². The van der Waals surface area contributed by atoms with Crippen LogP contribution in [0.3, 0.4) is 0 Å². The minimum atomic E-state index is -0.225. The molecule has 0 saturated heterocycles. The number of halogens is 1. The van der Waals surface area contributed by atoms with Gasteiger partial charge in [-0.05, 0) is 62.1 Å². The fourth-order valence-corrected chi connectivity index (χ4v) is 5.52. The number of hydrogen-bond donors (Lipinski definition) is 3. The number of fused-ring (bicyclic) bond motifs is 2. The lowest BCUT2D eigenvalue weighted by Crippen LogP contribution is -2.27. The molecular formula is C28H26ClN7O. The SMILES string of the molecule is NC(=O)C1CCC(c2nc(-c3cc4nc(Nc5ccccc5)ccc4cc3Cl)c3c(N)nccn23)CC1. The van der Waals surface area contributed by atoms with Gasteiger partial charge < -0.3 is 16.8 Å². The zero-order chi connectivity index (χ0) is 25.5. The molecule has 1 aliphatic rings. The van der Waals surface area contributed by atoms with E-state index < -0.39 is 0 Å². The summed E-state index contributed by atoms with van der Waals surface area (Å²) in [4.78, 5) is 25.9. The van der Waals surface area contributed by atoms with Gasteiger partial charge in [-0.2, -0.15) is 0 Å². The van der Waals surface area contributed by atoms with E-state index in [2.05, 4.69) is 10.3 Å². The first kappa shape index (κ1) is 23.2. The van der Waals surface area contributed by atoms with Gasteiger partial charge in [-0.1, -0.05) is 29.8 Å². The highest BCUT2D eigenvalue weighted by Gasteiger charge is 2.30. The number of primary amides is 1. The van der Waals surface area contributed by atoms with Gasteiger partial charge >= 0.3 is 0 Å². The summed E-state index contributed by atoms with van der Waals surface area (Å²) in [6.45, 7) is 0. The summed E-state index contributed by atoms with van der Waals surface area (Å²) in [6, 6.07) is 17.7. The number of amides is 1. The molecule has 186 valence electrons. The Balaban J connectivity index is 1.43. The van der Waals surface area contributed by atoms with E-state index in [1.54, 1.807) is 6.20 Å². The number of imidazole rings is 1. The van der Waals surface area contributed by atoms with Crippen LogP contribution in [0.25, 0.3) is 27.7 Å². The molecule has 1 aliphatic carbocycles. The Hall–Kier alpha value is -4.17. The Morgan fingerprint density at radius 3 is 2.57 bits per heavy atom. The van der Waals surface area contributed by atoms with Crippen LogP contribution in [-0.2, 0) is 4.79 Å². The van der Waals surface area contributed by atoms with Crippen LogP contribution in [0.1, 0.15) is 37.4 Å². The molecule has 3 aromatic heterocycles. The number of nitrogen functional groups attached to an aromatic ring is 1. The summed E-state index contributed by atoms with van der Waals surface area (Å²) in [7, 11) is 0. The average molecular weight is 512 g/mol. The van der Waals surface area contributed by atoms with Crippen LogP contribution >= 0.6 is 11.6 Å². The smallest absolute Gasteiger partial charge is 0.220 e. The molecule has 8 nitrogen and oxygen atoms in total. The molecule has 5 aromatic rings. The molecule has 0 aliphatic heterocycles. The molecular weight excluding hydrogens is 486 g/mol. The number of nitrogens with two attached hydrogens (primary N) is 2. The Labute approximate surface area is 218 Å². The summed E-state index contributed by atoms with van der Waals surface area (Å²) < 4.78 is 2.01. The highest BCUT2D eigenvalue weighted by Crippen LogP contribution is 2.40. The maximum absolute atomic E-state index is 11.7. The molecule has 0 radical (unpaired) electrons. The van der Waals surface area contributed by atoms with Crippen molar-refractivity contribution in [1.82, 2.24) is 19.4 Å². The lowest BCUT2D eigenvalue weighted by Gasteiger charge is -2.25. The molecule has 2 aromatic carbocycles. The van der Waals surface area contributed by atoms with Crippen LogP contribution in [0.4, 0.5) is 17.3 Å². The second kappa shape index (κ2) is 9.37. The van der Waals surface area contributed by atoms with Gasteiger partial charge in [0, 0.05) is 40.9 Å².